The lowest BCUT2D eigenvalue weighted by Gasteiger charge is -2.47. The molecule has 8 nitrogen and oxygen atoms in total. The van der Waals surface area contributed by atoms with E-state index in [0.29, 0.717) is 30.6 Å². The van der Waals surface area contributed by atoms with Gasteiger partial charge < -0.3 is 19.1 Å². The molecule has 3 aliphatic heterocycles. The van der Waals surface area contributed by atoms with Crippen LogP contribution in [0.1, 0.15) is 60.0 Å². The van der Waals surface area contributed by atoms with E-state index < -0.39 is 15.9 Å². The molecule has 2 aromatic rings. The summed E-state index contributed by atoms with van der Waals surface area (Å²) in [6.07, 6.45) is 6.89. The molecule has 3 heterocycles. The van der Waals surface area contributed by atoms with E-state index in [1.807, 2.05) is 12.1 Å². The molecule has 2 aromatic carbocycles. The van der Waals surface area contributed by atoms with Crippen molar-refractivity contribution in [2.75, 3.05) is 43.6 Å². The molecule has 41 heavy (non-hydrogen) atoms. The number of nitrogens with one attached hydrogen (secondary N) is 1. The lowest BCUT2D eigenvalue weighted by atomic mass is 9.67. The Balaban J connectivity index is 1.28. The van der Waals surface area contributed by atoms with Gasteiger partial charge in [0.15, 0.2) is 0 Å². The minimum absolute atomic E-state index is 0.0337. The Labute approximate surface area is 246 Å². The maximum absolute atomic E-state index is 13.2. The number of nitrogens with zero attached hydrogens (tertiary/aromatic N) is 1. The van der Waals surface area contributed by atoms with Crippen LogP contribution in [0.15, 0.2) is 36.4 Å². The van der Waals surface area contributed by atoms with Crippen LogP contribution in [-0.2, 0) is 31.3 Å². The minimum atomic E-state index is -3.86. The summed E-state index contributed by atoms with van der Waals surface area (Å²) in [7, 11) is -3.86. The smallest absolute Gasteiger partial charge is 0.264 e. The van der Waals surface area contributed by atoms with Gasteiger partial charge in [-0.05, 0) is 91.8 Å². The summed E-state index contributed by atoms with van der Waals surface area (Å²) >= 11 is 6.40. The summed E-state index contributed by atoms with van der Waals surface area (Å²) in [5.41, 5.74) is 3.49. The summed E-state index contributed by atoms with van der Waals surface area (Å²) in [6, 6.07) is 11.5. The highest BCUT2D eigenvalue weighted by atomic mass is 35.5. The molecule has 1 N–H and O–H groups in total. The van der Waals surface area contributed by atoms with Crippen LogP contribution in [0, 0.1) is 11.8 Å². The molecule has 0 unspecified atom stereocenters. The van der Waals surface area contributed by atoms with Crippen LogP contribution >= 0.6 is 11.6 Å². The normalized spacial score (nSPS) is 32.9. The average molecular weight is 601 g/mol. The monoisotopic (exact) mass is 600 g/mol. The van der Waals surface area contributed by atoms with Gasteiger partial charge in [0.1, 0.15) is 5.75 Å². The van der Waals surface area contributed by atoms with Gasteiger partial charge in [-0.3, -0.25) is 4.79 Å². The Morgan fingerprint density at radius 3 is 2.80 bits per heavy atom. The van der Waals surface area contributed by atoms with Crippen LogP contribution < -0.4 is 14.4 Å². The molecule has 1 amide bonds. The van der Waals surface area contributed by atoms with Crippen LogP contribution in [0.25, 0.3) is 0 Å². The summed E-state index contributed by atoms with van der Waals surface area (Å²) < 4.78 is 46.6. The van der Waals surface area contributed by atoms with Gasteiger partial charge in [0.25, 0.3) is 5.91 Å². The molecular weight excluding hydrogens is 564 g/mol. The van der Waals surface area contributed by atoms with Crippen molar-refractivity contribution in [1.29, 1.82) is 0 Å². The Hall–Kier alpha value is -2.33. The number of halogens is 1. The fraction of sp³-hybridized carbons (Fsp3) is 0.581. The van der Waals surface area contributed by atoms with E-state index in [1.54, 1.807) is 12.1 Å². The maximum Gasteiger partial charge on any atom is 0.264 e. The quantitative estimate of drug-likeness (QED) is 0.477. The zero-order valence-electron chi connectivity index (χ0n) is 23.1. The van der Waals surface area contributed by atoms with Crippen molar-refractivity contribution in [1.82, 2.24) is 4.72 Å². The van der Waals surface area contributed by atoms with E-state index in [-0.39, 0.29) is 30.0 Å². The van der Waals surface area contributed by atoms with Gasteiger partial charge in [0, 0.05) is 42.1 Å². The fourth-order valence-electron chi connectivity index (χ4n) is 7.67. The second-order valence-corrected chi connectivity index (χ2v) is 14.7. The van der Waals surface area contributed by atoms with Crippen molar-refractivity contribution in [3.8, 4) is 5.75 Å². The van der Waals surface area contributed by atoms with Crippen molar-refractivity contribution < 1.29 is 27.4 Å². The third-order valence-electron chi connectivity index (χ3n) is 9.93. The van der Waals surface area contributed by atoms with Crippen LogP contribution in [0.5, 0.6) is 5.75 Å². The zero-order valence-corrected chi connectivity index (χ0v) is 24.7. The molecule has 1 saturated carbocycles. The molecule has 7 rings (SSSR count). The molecule has 2 aliphatic carbocycles. The molecule has 10 heteroatoms. The van der Waals surface area contributed by atoms with Gasteiger partial charge in [-0.1, -0.05) is 17.7 Å². The molecule has 2 fully saturated rings. The summed E-state index contributed by atoms with van der Waals surface area (Å²) in [4.78, 5) is 15.6. The van der Waals surface area contributed by atoms with Crippen molar-refractivity contribution in [2.24, 2.45) is 11.8 Å². The third-order valence-corrected chi connectivity index (χ3v) is 11.4. The van der Waals surface area contributed by atoms with E-state index in [2.05, 4.69) is 21.8 Å². The topological polar surface area (TPSA) is 94.2 Å². The number of hydrogen-bond donors (Lipinski definition) is 1. The van der Waals surface area contributed by atoms with E-state index >= 15 is 0 Å². The van der Waals surface area contributed by atoms with Gasteiger partial charge in [0.2, 0.25) is 10.0 Å². The van der Waals surface area contributed by atoms with Crippen LogP contribution in [-0.4, -0.2) is 65.2 Å². The van der Waals surface area contributed by atoms with E-state index in [1.165, 1.54) is 11.1 Å². The number of anilines is 1. The first-order chi connectivity index (χ1) is 19.8. The first-order valence-corrected chi connectivity index (χ1v) is 16.9. The first kappa shape index (κ1) is 27.5. The van der Waals surface area contributed by atoms with Crippen molar-refractivity contribution >= 4 is 33.2 Å². The van der Waals surface area contributed by atoms with Crippen molar-refractivity contribution in [3.63, 3.8) is 0 Å². The van der Waals surface area contributed by atoms with E-state index in [9.17, 15) is 13.2 Å². The predicted octanol–water partition coefficient (Wildman–Crippen LogP) is 4.48. The third kappa shape index (κ3) is 5.35. The summed E-state index contributed by atoms with van der Waals surface area (Å²) in [6.45, 7) is 2.77. The lowest BCUT2D eigenvalue weighted by molar-refractivity contribution is -0.115. The second-order valence-electron chi connectivity index (χ2n) is 12.5. The van der Waals surface area contributed by atoms with Crippen molar-refractivity contribution in [3.05, 3.63) is 58.1 Å². The Bertz CT molecular complexity index is 1450. The minimum Gasteiger partial charge on any atom is -0.490 e. The summed E-state index contributed by atoms with van der Waals surface area (Å²) in [5, 5.41) is 0.751. The number of sulfonamides is 1. The fourth-order valence-corrected chi connectivity index (χ4v) is 8.68. The number of amides is 1. The first-order valence-electron chi connectivity index (χ1n) is 14.9. The van der Waals surface area contributed by atoms with Crippen molar-refractivity contribution in [2.45, 2.75) is 62.6 Å². The number of carbonyl (C=O) groups is 1. The molecule has 5 atom stereocenters. The van der Waals surface area contributed by atoms with Crippen LogP contribution in [0.2, 0.25) is 5.02 Å². The number of ether oxygens (including phenoxy) is 3. The van der Waals surface area contributed by atoms with E-state index in [0.717, 1.165) is 74.5 Å². The van der Waals surface area contributed by atoms with Gasteiger partial charge in [-0.25, -0.2) is 13.1 Å². The van der Waals surface area contributed by atoms with Gasteiger partial charge in [-0.2, -0.15) is 0 Å². The average Bonchev–Trinajstić information content (AvgIpc) is 3.07. The molecule has 0 radical (unpaired) electrons. The number of carbonyl (C=O) groups excluding carboxylic acids is 1. The number of hydrogen-bond acceptors (Lipinski definition) is 7. The highest BCUT2D eigenvalue weighted by Crippen LogP contribution is 2.47. The zero-order chi connectivity index (χ0) is 28.2. The second kappa shape index (κ2) is 10.7. The molecule has 5 aliphatic rings. The molecule has 4 bridgehead atoms. The standard InChI is InChI=1S/C31H37ClN2O6S/c32-23-5-7-26-20(14-23)2-1-10-31(26)18-34-17-22-3-6-25(22)29-16-24(9-11-39-29)38-12-13-41(36,37)33-30(35)21-4-8-28(40-19-31)27(34)15-21/h4-5,7-8,14-15,22,24-25,29H,1-3,6,9-13,16-19H2,(H,33,35)/t22-,24+,25+,29+,31-/m0/s1. The lowest BCUT2D eigenvalue weighted by Crippen LogP contribution is -2.51. The predicted molar refractivity (Wildman–Crippen MR) is 156 cm³/mol. The highest BCUT2D eigenvalue weighted by Gasteiger charge is 2.45. The number of rotatable bonds is 0. The maximum atomic E-state index is 13.2. The van der Waals surface area contributed by atoms with E-state index in [4.69, 9.17) is 25.8 Å². The largest absolute Gasteiger partial charge is 0.490 e. The number of fused-ring (bicyclic) bond motifs is 7. The Morgan fingerprint density at radius 1 is 1.05 bits per heavy atom. The number of aryl methyl sites for hydroxylation is 1. The van der Waals surface area contributed by atoms with Gasteiger partial charge in [-0.15, -0.1) is 0 Å². The van der Waals surface area contributed by atoms with Crippen LogP contribution in [0.4, 0.5) is 5.69 Å². The Morgan fingerprint density at radius 2 is 1.95 bits per heavy atom. The van der Waals surface area contributed by atoms with Crippen LogP contribution in [0.3, 0.4) is 0 Å². The molecule has 220 valence electrons. The molecular formula is C31H37ClN2O6S. The molecule has 0 aromatic heterocycles. The SMILES string of the molecule is O=C1NS(=O)(=O)CCO[C@@H]2CCO[C@H](C2)[C@@H]2CC[C@H]2CN2C[C@@]3(CCCc4cc(Cl)ccc43)COc3ccc1cc32. The Kier molecular flexibility index (Phi) is 7.20. The van der Waals surface area contributed by atoms with Gasteiger partial charge in [0.05, 0.1) is 36.9 Å². The molecule has 1 spiro atoms. The summed E-state index contributed by atoms with van der Waals surface area (Å²) in [5.74, 6) is 0.691. The number of benzene rings is 2. The highest BCUT2D eigenvalue weighted by molar-refractivity contribution is 7.90. The van der Waals surface area contributed by atoms with Gasteiger partial charge >= 0.3 is 0 Å². The molecule has 1 saturated heterocycles.